The lowest BCUT2D eigenvalue weighted by atomic mass is 10.2. The van der Waals surface area contributed by atoms with Crippen LogP contribution in [-0.2, 0) is 14.4 Å². The van der Waals surface area contributed by atoms with Crippen LogP contribution < -0.4 is 0 Å². The van der Waals surface area contributed by atoms with Crippen LogP contribution in [0.3, 0.4) is 0 Å². The summed E-state index contributed by atoms with van der Waals surface area (Å²) in [5.41, 5.74) is 0.0405. The zero-order chi connectivity index (χ0) is 8.27. The van der Waals surface area contributed by atoms with E-state index in [1.165, 1.54) is 7.11 Å². The number of carbonyl (C=O) groups is 1. The van der Waals surface area contributed by atoms with Crippen LogP contribution in [0.1, 0.15) is 12.8 Å². The standard InChI is InChI=1S/C6H9NO4/c1-10-6(8)5-3-2-4-11-7(5)9/h2-4H2,1H3. The largest absolute Gasteiger partial charge is 0.461 e. The Hall–Kier alpha value is -1.26. The number of hydrogen-bond donors (Lipinski definition) is 0. The number of methoxy groups -OCH3 is 1. The minimum atomic E-state index is -0.611. The van der Waals surface area contributed by atoms with Crippen molar-refractivity contribution in [3.05, 3.63) is 5.21 Å². The van der Waals surface area contributed by atoms with Gasteiger partial charge in [0.05, 0.1) is 13.7 Å². The van der Waals surface area contributed by atoms with E-state index in [0.717, 1.165) is 0 Å². The second kappa shape index (κ2) is 3.23. The van der Waals surface area contributed by atoms with E-state index < -0.39 is 5.97 Å². The van der Waals surface area contributed by atoms with Crippen LogP contribution in [0.15, 0.2) is 0 Å². The Morgan fingerprint density at radius 2 is 2.55 bits per heavy atom. The molecule has 1 aliphatic rings. The van der Waals surface area contributed by atoms with Gasteiger partial charge in [0.15, 0.2) is 0 Å². The van der Waals surface area contributed by atoms with Gasteiger partial charge in [0.2, 0.25) is 0 Å². The third kappa shape index (κ3) is 1.60. The average molecular weight is 159 g/mol. The van der Waals surface area contributed by atoms with Crippen LogP contribution in [0.4, 0.5) is 0 Å². The molecule has 0 radical (unpaired) electrons. The summed E-state index contributed by atoms with van der Waals surface area (Å²) in [5, 5.41) is 10.8. The zero-order valence-corrected chi connectivity index (χ0v) is 6.20. The van der Waals surface area contributed by atoms with E-state index in [0.29, 0.717) is 19.4 Å². The van der Waals surface area contributed by atoms with Gasteiger partial charge in [-0.2, -0.15) is 0 Å². The molecule has 0 aromatic carbocycles. The maximum absolute atomic E-state index is 10.8. The lowest BCUT2D eigenvalue weighted by Crippen LogP contribution is -2.30. The number of rotatable bonds is 1. The number of nitrogens with zero attached hydrogens (tertiary/aromatic N) is 1. The Kier molecular flexibility index (Phi) is 2.30. The molecule has 1 rings (SSSR count). The van der Waals surface area contributed by atoms with E-state index in [2.05, 4.69) is 9.57 Å². The molecule has 0 bridgehead atoms. The van der Waals surface area contributed by atoms with Crippen molar-refractivity contribution in [3.8, 4) is 0 Å². The first-order chi connectivity index (χ1) is 5.25. The SMILES string of the molecule is COC(=O)C1=[N+]([O-])OCCC1. The smallest absolute Gasteiger partial charge is 0.404 e. The maximum Gasteiger partial charge on any atom is 0.404 e. The fraction of sp³-hybridized carbons (Fsp3) is 0.667. The molecular weight excluding hydrogens is 150 g/mol. The zero-order valence-electron chi connectivity index (χ0n) is 6.20. The molecule has 0 fully saturated rings. The molecule has 0 spiro atoms. The van der Waals surface area contributed by atoms with Crippen LogP contribution in [0, 0.1) is 5.21 Å². The van der Waals surface area contributed by atoms with Gasteiger partial charge in [-0.3, -0.25) is 5.21 Å². The second-order valence-electron chi connectivity index (χ2n) is 2.13. The van der Waals surface area contributed by atoms with Crippen LogP contribution in [0.25, 0.3) is 0 Å². The monoisotopic (exact) mass is 159 g/mol. The molecule has 0 unspecified atom stereocenters. The Balaban J connectivity index is 2.74. The van der Waals surface area contributed by atoms with Gasteiger partial charge in [-0.15, -0.1) is 0 Å². The van der Waals surface area contributed by atoms with Crippen LogP contribution in [0.2, 0.25) is 0 Å². The van der Waals surface area contributed by atoms with Crippen molar-refractivity contribution in [2.24, 2.45) is 0 Å². The third-order valence-corrected chi connectivity index (χ3v) is 1.41. The van der Waals surface area contributed by atoms with E-state index in [1.54, 1.807) is 0 Å². The van der Waals surface area contributed by atoms with Gasteiger partial charge < -0.3 is 9.57 Å². The molecule has 62 valence electrons. The lowest BCUT2D eigenvalue weighted by molar-refractivity contribution is -0.745. The van der Waals surface area contributed by atoms with E-state index >= 15 is 0 Å². The number of esters is 1. The normalized spacial score (nSPS) is 17.5. The minimum Gasteiger partial charge on any atom is -0.461 e. The summed E-state index contributed by atoms with van der Waals surface area (Å²) >= 11 is 0. The van der Waals surface area contributed by atoms with Crippen molar-refractivity contribution in [2.45, 2.75) is 12.8 Å². The van der Waals surface area contributed by atoms with Gasteiger partial charge in [-0.25, -0.2) is 4.79 Å². The molecule has 5 nitrogen and oxygen atoms in total. The Morgan fingerprint density at radius 1 is 1.82 bits per heavy atom. The van der Waals surface area contributed by atoms with Crippen molar-refractivity contribution < 1.29 is 19.3 Å². The van der Waals surface area contributed by atoms with Gasteiger partial charge in [0.1, 0.15) is 0 Å². The molecule has 0 amide bonds. The van der Waals surface area contributed by atoms with E-state index in [4.69, 9.17) is 0 Å². The molecule has 5 heteroatoms. The van der Waals surface area contributed by atoms with E-state index in [-0.39, 0.29) is 10.6 Å². The van der Waals surface area contributed by atoms with Crippen molar-refractivity contribution in [3.63, 3.8) is 0 Å². The lowest BCUT2D eigenvalue weighted by Gasteiger charge is -2.12. The van der Waals surface area contributed by atoms with Gasteiger partial charge in [-0.1, -0.05) is 0 Å². The summed E-state index contributed by atoms with van der Waals surface area (Å²) in [5.74, 6) is -0.611. The molecule has 0 aromatic rings. The Bertz CT molecular complexity index is 199. The molecule has 1 aliphatic heterocycles. The van der Waals surface area contributed by atoms with Gasteiger partial charge in [0, 0.05) is 11.3 Å². The summed E-state index contributed by atoms with van der Waals surface area (Å²) in [4.78, 5) is 15.6. The van der Waals surface area contributed by atoms with Crippen molar-refractivity contribution in [1.82, 2.24) is 0 Å². The van der Waals surface area contributed by atoms with Crippen LogP contribution in [-0.4, -0.2) is 30.3 Å². The molecule has 11 heavy (non-hydrogen) atoms. The Labute approximate surface area is 63.8 Å². The van der Waals surface area contributed by atoms with Crippen molar-refractivity contribution >= 4 is 11.7 Å². The molecule has 0 aliphatic carbocycles. The highest BCUT2D eigenvalue weighted by Gasteiger charge is 2.25. The fourth-order valence-corrected chi connectivity index (χ4v) is 0.851. The molecule has 1 heterocycles. The third-order valence-electron chi connectivity index (χ3n) is 1.41. The summed E-state index contributed by atoms with van der Waals surface area (Å²) in [6.07, 6.45) is 1.11. The Morgan fingerprint density at radius 3 is 3.09 bits per heavy atom. The molecule has 0 N–H and O–H groups in total. The maximum atomic E-state index is 10.8. The summed E-state index contributed by atoms with van der Waals surface area (Å²) in [6.45, 7) is 0.365. The van der Waals surface area contributed by atoms with E-state index in [1.807, 2.05) is 0 Å². The molecule has 0 atom stereocenters. The number of carbonyl (C=O) groups excluding carboxylic acids is 1. The first-order valence-electron chi connectivity index (χ1n) is 3.30. The first-order valence-corrected chi connectivity index (χ1v) is 3.30. The first kappa shape index (κ1) is 7.84. The summed E-state index contributed by atoms with van der Waals surface area (Å²) in [6, 6.07) is 0. The second-order valence-corrected chi connectivity index (χ2v) is 2.13. The fourth-order valence-electron chi connectivity index (χ4n) is 0.851. The van der Waals surface area contributed by atoms with Crippen molar-refractivity contribution in [1.29, 1.82) is 0 Å². The quantitative estimate of drug-likeness (QED) is 0.394. The average Bonchev–Trinajstić information content (AvgIpc) is 2.04. The topological polar surface area (TPSA) is 61.6 Å². The predicted octanol–water partition coefficient (Wildman–Crippen LogP) is -0.164. The predicted molar refractivity (Wildman–Crippen MR) is 35.8 cm³/mol. The molecular formula is C6H9NO4. The van der Waals surface area contributed by atoms with Crippen LogP contribution >= 0.6 is 0 Å². The van der Waals surface area contributed by atoms with Gasteiger partial charge >= 0.3 is 11.7 Å². The molecule has 0 saturated heterocycles. The highest BCUT2D eigenvalue weighted by atomic mass is 16.9. The van der Waals surface area contributed by atoms with E-state index in [9.17, 15) is 10.0 Å². The highest BCUT2D eigenvalue weighted by molar-refractivity contribution is 6.34. The van der Waals surface area contributed by atoms with Crippen LogP contribution in [0.5, 0.6) is 0 Å². The van der Waals surface area contributed by atoms with Gasteiger partial charge in [-0.05, 0) is 6.42 Å². The highest BCUT2D eigenvalue weighted by Crippen LogP contribution is 2.02. The minimum absolute atomic E-state index is 0.0405. The summed E-state index contributed by atoms with van der Waals surface area (Å²) in [7, 11) is 1.23. The number of ether oxygens (including phenoxy) is 1. The summed E-state index contributed by atoms with van der Waals surface area (Å²) < 4.78 is 4.36. The number of hydrogen-bond acceptors (Lipinski definition) is 4. The molecule has 0 saturated carbocycles. The van der Waals surface area contributed by atoms with Crippen molar-refractivity contribution in [2.75, 3.05) is 13.7 Å². The van der Waals surface area contributed by atoms with Gasteiger partial charge in [0.25, 0.3) is 0 Å². The molecule has 0 aromatic heterocycles.